The summed E-state index contributed by atoms with van der Waals surface area (Å²) in [6, 6.07) is 4.07. The molecule has 0 bridgehead atoms. The third-order valence-electron chi connectivity index (χ3n) is 2.96. The number of anilines is 1. The molecule has 1 saturated heterocycles. The number of carbonyl (C=O) groups is 2. The van der Waals surface area contributed by atoms with E-state index in [2.05, 4.69) is 10.6 Å². The quantitative estimate of drug-likeness (QED) is 0.793. The Bertz CT molecular complexity index is 548. The highest BCUT2D eigenvalue weighted by atomic mass is 35.5. The molecule has 1 heterocycles. The lowest BCUT2D eigenvalue weighted by atomic mass is 10.00. The van der Waals surface area contributed by atoms with Crippen molar-refractivity contribution >= 4 is 52.7 Å². The molecular formula is C12H12Cl2N2O3S. The number of urea groups is 1. The number of rotatable bonds is 3. The number of hydrogen-bond acceptors (Lipinski definition) is 3. The normalized spacial score (nSPS) is 21.5. The summed E-state index contributed by atoms with van der Waals surface area (Å²) in [7, 11) is 0. The molecule has 0 aromatic heterocycles. The van der Waals surface area contributed by atoms with E-state index in [1.54, 1.807) is 12.1 Å². The van der Waals surface area contributed by atoms with Crippen LogP contribution in [-0.4, -0.2) is 34.2 Å². The summed E-state index contributed by atoms with van der Waals surface area (Å²) in [5.41, 5.74) is -0.756. The van der Waals surface area contributed by atoms with Crippen molar-refractivity contribution in [2.75, 3.05) is 16.8 Å². The van der Waals surface area contributed by atoms with Gasteiger partial charge >= 0.3 is 12.0 Å². The van der Waals surface area contributed by atoms with Crippen molar-refractivity contribution in [1.29, 1.82) is 0 Å². The highest BCUT2D eigenvalue weighted by molar-refractivity contribution is 7.99. The molecule has 5 nitrogen and oxygen atoms in total. The largest absolute Gasteiger partial charge is 0.479 e. The molecule has 8 heteroatoms. The van der Waals surface area contributed by atoms with E-state index < -0.39 is 17.5 Å². The number of amides is 2. The number of aliphatic carboxylic acids is 1. The number of nitrogens with one attached hydrogen (secondary N) is 2. The molecule has 3 N–H and O–H groups in total. The van der Waals surface area contributed by atoms with Crippen molar-refractivity contribution in [3.63, 3.8) is 0 Å². The molecule has 0 aliphatic carbocycles. The second-order valence-corrected chi connectivity index (χ2v) is 6.32. The van der Waals surface area contributed by atoms with Crippen LogP contribution in [-0.2, 0) is 4.79 Å². The zero-order valence-electron chi connectivity index (χ0n) is 10.3. The molecule has 1 fully saturated rings. The Labute approximate surface area is 130 Å². The Balaban J connectivity index is 2.04. The average molecular weight is 335 g/mol. The third-order valence-corrected chi connectivity index (χ3v) is 4.89. The maximum atomic E-state index is 11.9. The monoisotopic (exact) mass is 334 g/mol. The van der Waals surface area contributed by atoms with Crippen LogP contribution < -0.4 is 10.6 Å². The minimum absolute atomic E-state index is 0.314. The summed E-state index contributed by atoms with van der Waals surface area (Å²) in [6.07, 6.45) is 0.405. The Morgan fingerprint density at radius 3 is 2.60 bits per heavy atom. The van der Waals surface area contributed by atoms with Crippen LogP contribution in [0.15, 0.2) is 18.2 Å². The fourth-order valence-corrected chi connectivity index (χ4v) is 3.46. The lowest BCUT2D eigenvalue weighted by Crippen LogP contribution is -2.55. The van der Waals surface area contributed by atoms with Crippen LogP contribution >= 0.6 is 35.0 Å². The molecule has 0 saturated carbocycles. The van der Waals surface area contributed by atoms with Crippen molar-refractivity contribution in [3.05, 3.63) is 28.2 Å². The van der Waals surface area contributed by atoms with Crippen LogP contribution in [0.1, 0.15) is 6.42 Å². The maximum absolute atomic E-state index is 11.9. The summed E-state index contributed by atoms with van der Waals surface area (Å²) < 4.78 is 0. The molecule has 108 valence electrons. The zero-order valence-corrected chi connectivity index (χ0v) is 12.6. The second-order valence-electron chi connectivity index (χ2n) is 4.40. The minimum Gasteiger partial charge on any atom is -0.479 e. The average Bonchev–Trinajstić information content (AvgIpc) is 2.83. The zero-order chi connectivity index (χ0) is 14.8. The van der Waals surface area contributed by atoms with E-state index in [9.17, 15) is 14.7 Å². The Hall–Kier alpha value is -1.11. The van der Waals surface area contributed by atoms with Gasteiger partial charge in [0.25, 0.3) is 0 Å². The van der Waals surface area contributed by atoms with Gasteiger partial charge in [0, 0.05) is 11.4 Å². The molecule has 1 aromatic carbocycles. The molecule has 1 unspecified atom stereocenters. The summed E-state index contributed by atoms with van der Waals surface area (Å²) in [6.45, 7) is 0. The Morgan fingerprint density at radius 2 is 2.05 bits per heavy atom. The van der Waals surface area contributed by atoms with Crippen molar-refractivity contribution in [2.24, 2.45) is 0 Å². The van der Waals surface area contributed by atoms with Crippen molar-refractivity contribution in [1.82, 2.24) is 5.32 Å². The van der Waals surface area contributed by atoms with Gasteiger partial charge in [-0.15, -0.1) is 0 Å². The first-order chi connectivity index (χ1) is 9.43. The molecule has 1 aromatic rings. The summed E-state index contributed by atoms with van der Waals surface area (Å²) in [5, 5.41) is 15.0. The Kier molecular flexibility index (Phi) is 4.67. The van der Waals surface area contributed by atoms with Crippen molar-refractivity contribution < 1.29 is 14.7 Å². The molecule has 0 radical (unpaired) electrons. The van der Waals surface area contributed by atoms with Crippen LogP contribution in [0.4, 0.5) is 10.5 Å². The number of benzene rings is 1. The van der Waals surface area contributed by atoms with Gasteiger partial charge in [0.05, 0.1) is 10.0 Å². The summed E-state index contributed by atoms with van der Waals surface area (Å²) in [4.78, 5) is 23.2. The summed E-state index contributed by atoms with van der Waals surface area (Å²) in [5.74, 6) is 0.0445. The number of hydrogen-bond donors (Lipinski definition) is 3. The van der Waals surface area contributed by atoms with Gasteiger partial charge in [-0.05, 0) is 30.4 Å². The first kappa shape index (κ1) is 15.3. The molecule has 1 aliphatic heterocycles. The van der Waals surface area contributed by atoms with Gasteiger partial charge in [-0.25, -0.2) is 9.59 Å². The lowest BCUT2D eigenvalue weighted by molar-refractivity contribution is -0.143. The number of carboxylic acid groups (broad SMARTS) is 1. The molecule has 1 atom stereocenters. The van der Waals surface area contributed by atoms with Crippen molar-refractivity contribution in [2.45, 2.75) is 12.0 Å². The molecule has 1 aliphatic rings. The maximum Gasteiger partial charge on any atom is 0.330 e. The standard InChI is InChI=1S/C12H12Cl2N2O3S/c13-8-2-1-7(5-9(8)14)15-11(19)16-12(10(17)18)3-4-20-6-12/h1-2,5H,3-4,6H2,(H,17,18)(H2,15,16,19). The van der Waals surface area contributed by atoms with Crippen LogP contribution in [0.25, 0.3) is 0 Å². The van der Waals surface area contributed by atoms with Gasteiger partial charge in [0.15, 0.2) is 0 Å². The SMILES string of the molecule is O=C(Nc1ccc(Cl)c(Cl)c1)NC1(C(=O)O)CCSC1. The predicted octanol–water partition coefficient (Wildman–Crippen LogP) is 3.08. The van der Waals surface area contributed by atoms with E-state index in [1.807, 2.05) is 0 Å². The first-order valence-corrected chi connectivity index (χ1v) is 7.69. The number of carboxylic acids is 1. The molecule has 2 rings (SSSR count). The molecule has 0 spiro atoms. The number of halogens is 2. The predicted molar refractivity (Wildman–Crippen MR) is 80.9 cm³/mol. The minimum atomic E-state index is -1.20. The van der Waals surface area contributed by atoms with Gasteiger partial charge in [-0.2, -0.15) is 11.8 Å². The molecular weight excluding hydrogens is 323 g/mol. The van der Waals surface area contributed by atoms with E-state index in [0.717, 1.165) is 0 Å². The fraction of sp³-hybridized carbons (Fsp3) is 0.333. The molecule has 2 amide bonds. The van der Waals surface area contributed by atoms with Gasteiger partial charge < -0.3 is 15.7 Å². The smallest absolute Gasteiger partial charge is 0.330 e. The second kappa shape index (κ2) is 6.11. The van der Waals surface area contributed by atoms with Crippen LogP contribution in [0.5, 0.6) is 0 Å². The van der Waals surface area contributed by atoms with Crippen LogP contribution in [0.2, 0.25) is 10.0 Å². The highest BCUT2D eigenvalue weighted by Gasteiger charge is 2.43. The van der Waals surface area contributed by atoms with Gasteiger partial charge in [-0.1, -0.05) is 23.2 Å². The number of thioether (sulfide) groups is 1. The van der Waals surface area contributed by atoms with E-state index in [4.69, 9.17) is 23.2 Å². The first-order valence-electron chi connectivity index (χ1n) is 5.78. The van der Waals surface area contributed by atoms with E-state index >= 15 is 0 Å². The molecule has 20 heavy (non-hydrogen) atoms. The van der Waals surface area contributed by atoms with E-state index in [-0.39, 0.29) is 0 Å². The summed E-state index contributed by atoms with van der Waals surface area (Å²) >= 11 is 13.1. The van der Waals surface area contributed by atoms with E-state index in [1.165, 1.54) is 17.8 Å². The highest BCUT2D eigenvalue weighted by Crippen LogP contribution is 2.29. The van der Waals surface area contributed by atoms with E-state index in [0.29, 0.717) is 33.7 Å². The van der Waals surface area contributed by atoms with Gasteiger partial charge in [0.2, 0.25) is 0 Å². The Morgan fingerprint density at radius 1 is 1.30 bits per heavy atom. The van der Waals surface area contributed by atoms with Crippen molar-refractivity contribution in [3.8, 4) is 0 Å². The number of carbonyl (C=O) groups excluding carboxylic acids is 1. The third kappa shape index (κ3) is 3.31. The van der Waals surface area contributed by atoms with Crippen LogP contribution in [0.3, 0.4) is 0 Å². The topological polar surface area (TPSA) is 78.4 Å². The lowest BCUT2D eigenvalue weighted by Gasteiger charge is -2.24. The van der Waals surface area contributed by atoms with Gasteiger partial charge in [0.1, 0.15) is 5.54 Å². The van der Waals surface area contributed by atoms with Crippen LogP contribution in [0, 0.1) is 0 Å². The van der Waals surface area contributed by atoms with Gasteiger partial charge in [-0.3, -0.25) is 0 Å². The fourth-order valence-electron chi connectivity index (χ4n) is 1.84.